The number of aromatic hydroxyl groups is 2. The number of allylic oxidation sites excluding steroid dienone is 1. The zero-order valence-corrected chi connectivity index (χ0v) is 13.2. The van der Waals surface area contributed by atoms with Crippen LogP contribution in [0, 0.1) is 0 Å². The van der Waals surface area contributed by atoms with Gasteiger partial charge in [-0.2, -0.15) is 0 Å². The van der Waals surface area contributed by atoms with Gasteiger partial charge in [-0.15, -0.1) is 0 Å². The fraction of sp³-hybridized carbons (Fsp3) is 0.250. The van der Waals surface area contributed by atoms with Crippen molar-refractivity contribution in [3.63, 3.8) is 0 Å². The first-order valence-electron chi connectivity index (χ1n) is 8.31. The number of hydrogen-bond donors (Lipinski definition) is 4. The van der Waals surface area contributed by atoms with Crippen LogP contribution in [0.2, 0.25) is 0 Å². The molecule has 126 valence electrons. The second kappa shape index (κ2) is 4.71. The summed E-state index contributed by atoms with van der Waals surface area (Å²) in [5.41, 5.74) is 4.34. The number of fused-ring (bicyclic) bond motifs is 4. The third kappa shape index (κ3) is 1.72. The number of benzene rings is 2. The van der Waals surface area contributed by atoms with Crippen LogP contribution in [0.5, 0.6) is 11.5 Å². The Hall–Kier alpha value is -2.63. The molecule has 0 bridgehead atoms. The summed E-state index contributed by atoms with van der Waals surface area (Å²) >= 11 is 0. The molecule has 5 nitrogen and oxygen atoms in total. The minimum atomic E-state index is -0.950. The fourth-order valence-corrected chi connectivity index (χ4v) is 4.71. The van der Waals surface area contributed by atoms with E-state index in [0.29, 0.717) is 22.3 Å². The van der Waals surface area contributed by atoms with Crippen molar-refractivity contribution in [2.45, 2.75) is 31.0 Å². The highest BCUT2D eigenvalue weighted by Gasteiger charge is 2.46. The summed E-state index contributed by atoms with van der Waals surface area (Å²) in [4.78, 5) is 12.6. The maximum absolute atomic E-state index is 12.6. The van der Waals surface area contributed by atoms with E-state index < -0.39 is 12.2 Å². The normalized spacial score (nSPS) is 26.3. The molecule has 0 spiro atoms. The Morgan fingerprint density at radius 1 is 0.880 bits per heavy atom. The molecular formula is C20H16O5. The van der Waals surface area contributed by atoms with Gasteiger partial charge < -0.3 is 20.4 Å². The van der Waals surface area contributed by atoms with Crippen LogP contribution in [0.3, 0.4) is 0 Å². The van der Waals surface area contributed by atoms with Crippen molar-refractivity contribution in [3.05, 3.63) is 58.1 Å². The van der Waals surface area contributed by atoms with Crippen LogP contribution < -0.4 is 0 Å². The highest BCUT2D eigenvalue weighted by molar-refractivity contribution is 6.14. The molecule has 3 aliphatic rings. The summed E-state index contributed by atoms with van der Waals surface area (Å²) in [5, 5.41) is 41.4. The lowest BCUT2D eigenvalue weighted by molar-refractivity contribution is 0.0970. The van der Waals surface area contributed by atoms with Crippen molar-refractivity contribution in [1.29, 1.82) is 0 Å². The molecule has 0 saturated carbocycles. The Morgan fingerprint density at radius 3 is 2.48 bits per heavy atom. The quantitative estimate of drug-likeness (QED) is 0.592. The number of phenolic OH excluding ortho intramolecular Hbond substituents is 2. The molecule has 0 aromatic heterocycles. The topological polar surface area (TPSA) is 98.0 Å². The first-order chi connectivity index (χ1) is 12.0. The van der Waals surface area contributed by atoms with E-state index in [-0.39, 0.29) is 41.6 Å². The molecule has 0 radical (unpaired) electrons. The number of aliphatic hydroxyl groups excluding tert-OH is 2. The van der Waals surface area contributed by atoms with Crippen LogP contribution in [0.25, 0.3) is 11.1 Å². The molecule has 2 aromatic carbocycles. The molecule has 5 rings (SSSR count). The second-order valence-corrected chi connectivity index (χ2v) is 6.94. The van der Waals surface area contributed by atoms with E-state index in [9.17, 15) is 25.2 Å². The fourth-order valence-electron chi connectivity index (χ4n) is 4.71. The lowest BCUT2D eigenvalue weighted by Crippen LogP contribution is -2.22. The molecule has 25 heavy (non-hydrogen) atoms. The van der Waals surface area contributed by atoms with Gasteiger partial charge in [0.05, 0.1) is 17.8 Å². The van der Waals surface area contributed by atoms with Gasteiger partial charge >= 0.3 is 0 Å². The maximum Gasteiger partial charge on any atom is 0.168 e. The minimum Gasteiger partial charge on any atom is -0.508 e. The zero-order chi connectivity index (χ0) is 17.5. The van der Waals surface area contributed by atoms with Crippen LogP contribution in [0.1, 0.15) is 57.5 Å². The van der Waals surface area contributed by atoms with Crippen molar-refractivity contribution in [3.8, 4) is 11.5 Å². The second-order valence-electron chi connectivity index (χ2n) is 6.94. The lowest BCUT2D eigenvalue weighted by atomic mass is 9.77. The van der Waals surface area contributed by atoms with Gasteiger partial charge in [0, 0.05) is 24.3 Å². The van der Waals surface area contributed by atoms with Crippen molar-refractivity contribution in [2.75, 3.05) is 0 Å². The van der Waals surface area contributed by atoms with Gasteiger partial charge in [-0.3, -0.25) is 4.79 Å². The number of phenols is 2. The predicted molar refractivity (Wildman–Crippen MR) is 90.3 cm³/mol. The van der Waals surface area contributed by atoms with Crippen molar-refractivity contribution < 1.29 is 25.2 Å². The molecule has 3 aliphatic carbocycles. The third-order valence-electron chi connectivity index (χ3n) is 5.65. The monoisotopic (exact) mass is 336 g/mol. The average Bonchev–Trinajstić information content (AvgIpc) is 2.88. The van der Waals surface area contributed by atoms with Gasteiger partial charge in [0.25, 0.3) is 0 Å². The molecule has 5 heteroatoms. The van der Waals surface area contributed by atoms with Crippen molar-refractivity contribution in [2.24, 2.45) is 0 Å². The Bertz CT molecular complexity index is 988. The number of carbonyl (C=O) groups excluding carboxylic acids is 1. The molecular weight excluding hydrogens is 320 g/mol. The van der Waals surface area contributed by atoms with E-state index in [1.165, 1.54) is 12.1 Å². The van der Waals surface area contributed by atoms with E-state index in [2.05, 4.69) is 0 Å². The predicted octanol–water partition coefficient (Wildman–Crippen LogP) is 2.49. The van der Waals surface area contributed by atoms with Crippen molar-refractivity contribution in [1.82, 2.24) is 0 Å². The van der Waals surface area contributed by atoms with Gasteiger partial charge in [0.2, 0.25) is 0 Å². The van der Waals surface area contributed by atoms with Crippen molar-refractivity contribution >= 4 is 16.9 Å². The van der Waals surface area contributed by atoms with Crippen LogP contribution in [-0.4, -0.2) is 32.3 Å². The summed E-state index contributed by atoms with van der Waals surface area (Å²) in [7, 11) is 0. The van der Waals surface area contributed by atoms with Gasteiger partial charge in [-0.05, 0) is 40.0 Å². The molecule has 1 unspecified atom stereocenters. The Morgan fingerprint density at radius 2 is 1.68 bits per heavy atom. The highest BCUT2D eigenvalue weighted by Crippen LogP contribution is 2.59. The number of ketones is 1. The van der Waals surface area contributed by atoms with Crippen LogP contribution in [-0.2, 0) is 0 Å². The first kappa shape index (κ1) is 14.7. The smallest absolute Gasteiger partial charge is 0.168 e. The van der Waals surface area contributed by atoms with Crippen LogP contribution >= 0.6 is 0 Å². The molecule has 0 heterocycles. The standard InChI is InChI=1S/C20H16O5/c21-11-3-1-2-9-16-10(6-13(23)17(9)11)8-4-5-12(22)19-14(24)7-15(25)20(16)18(8)19/h1-5,10,14-15,21-22,24-25H,6-7H2/t10?,14-,15-/m1/s1. The minimum absolute atomic E-state index is 0.00245. The molecule has 2 aromatic rings. The SMILES string of the molecule is O=C1CC2C(=C3c4c2ccc(O)c4[C@H](O)C[C@H]3O)c2cccc(O)c21. The molecule has 0 saturated heterocycles. The Labute approximate surface area is 143 Å². The number of rotatable bonds is 0. The van der Waals surface area contributed by atoms with Gasteiger partial charge in [-0.1, -0.05) is 18.2 Å². The van der Waals surface area contributed by atoms with E-state index in [1.54, 1.807) is 18.2 Å². The Balaban J connectivity index is 1.90. The van der Waals surface area contributed by atoms with Crippen LogP contribution in [0.15, 0.2) is 30.3 Å². The van der Waals surface area contributed by atoms with Crippen LogP contribution in [0.4, 0.5) is 0 Å². The maximum atomic E-state index is 12.6. The largest absolute Gasteiger partial charge is 0.508 e. The van der Waals surface area contributed by atoms with E-state index in [0.717, 1.165) is 11.1 Å². The highest BCUT2D eigenvalue weighted by atomic mass is 16.3. The first-order valence-corrected chi connectivity index (χ1v) is 8.31. The van der Waals surface area contributed by atoms with Gasteiger partial charge in [-0.25, -0.2) is 0 Å². The number of Topliss-reactive ketones (excluding diaryl/α,β-unsaturated/α-hetero) is 1. The van der Waals surface area contributed by atoms with Gasteiger partial charge in [0.15, 0.2) is 5.78 Å². The number of aliphatic hydroxyl groups is 2. The van der Waals surface area contributed by atoms with E-state index in [4.69, 9.17) is 0 Å². The molecule has 0 aliphatic heterocycles. The van der Waals surface area contributed by atoms with E-state index in [1.807, 2.05) is 0 Å². The summed E-state index contributed by atoms with van der Waals surface area (Å²) in [6.45, 7) is 0. The average molecular weight is 336 g/mol. The third-order valence-corrected chi connectivity index (χ3v) is 5.65. The molecule has 3 atom stereocenters. The number of carbonyl (C=O) groups is 1. The van der Waals surface area contributed by atoms with Gasteiger partial charge in [0.1, 0.15) is 11.5 Å². The number of hydrogen-bond acceptors (Lipinski definition) is 5. The molecule has 0 amide bonds. The summed E-state index contributed by atoms with van der Waals surface area (Å²) in [6, 6.07) is 8.26. The summed E-state index contributed by atoms with van der Waals surface area (Å²) in [5.74, 6) is -0.431. The summed E-state index contributed by atoms with van der Waals surface area (Å²) < 4.78 is 0. The lowest BCUT2D eigenvalue weighted by Gasteiger charge is -2.29. The zero-order valence-electron chi connectivity index (χ0n) is 13.2. The molecule has 0 fully saturated rings. The summed E-state index contributed by atoms with van der Waals surface area (Å²) in [6.07, 6.45) is -1.54. The molecule has 4 N–H and O–H groups in total. The van der Waals surface area contributed by atoms with E-state index >= 15 is 0 Å². The Kier molecular flexibility index (Phi) is 2.77.